The minimum atomic E-state index is -2.88. The maximum Gasteiger partial charge on any atom is 0.333 e. The van der Waals surface area contributed by atoms with Crippen molar-refractivity contribution < 1.29 is 23.5 Å². The zero-order chi connectivity index (χ0) is 20.6. The molecular weight excluding hydrogens is 358 g/mol. The minimum absolute atomic E-state index is 0.0740. The Morgan fingerprint density at radius 1 is 1.26 bits per heavy atom. The van der Waals surface area contributed by atoms with E-state index in [4.69, 9.17) is 5.73 Å². The molecule has 0 saturated heterocycles. The summed E-state index contributed by atoms with van der Waals surface area (Å²) in [5.74, 6) is -1.73. The van der Waals surface area contributed by atoms with E-state index >= 15 is 0 Å². The molecule has 2 aromatic rings. The van der Waals surface area contributed by atoms with E-state index in [1.165, 1.54) is 6.92 Å². The topological polar surface area (TPSA) is 110 Å². The van der Waals surface area contributed by atoms with Gasteiger partial charge in [0.15, 0.2) is 6.10 Å². The van der Waals surface area contributed by atoms with Crippen molar-refractivity contribution in [1.82, 2.24) is 15.1 Å². The molecule has 2 unspecified atom stereocenters. The number of aromatic nitrogens is 2. The van der Waals surface area contributed by atoms with Crippen LogP contribution in [-0.4, -0.2) is 38.8 Å². The molecule has 0 radical (unpaired) electrons. The lowest BCUT2D eigenvalue weighted by atomic mass is 10.0. The molecule has 9 heteroatoms. The summed E-state index contributed by atoms with van der Waals surface area (Å²) < 4.78 is 25.7. The molecule has 1 aromatic carbocycles. The number of aliphatic hydroxyl groups excluding tert-OH is 1. The number of nitrogens with one attached hydrogen (secondary N) is 1. The second-order valence-corrected chi connectivity index (χ2v) is 5.50. The van der Waals surface area contributed by atoms with Crippen molar-refractivity contribution in [2.75, 3.05) is 0 Å². The number of alkyl halides is 2. The molecule has 0 spiro atoms. The molecule has 148 valence electrons. The molecule has 1 heterocycles. The lowest BCUT2D eigenvalue weighted by molar-refractivity contribution is -0.127. The molecule has 0 bridgehead atoms. The number of hydrogen-bond acceptors (Lipinski definition) is 4. The van der Waals surface area contributed by atoms with Crippen LogP contribution in [0.5, 0.6) is 0 Å². The first-order chi connectivity index (χ1) is 12.8. The molecule has 2 amide bonds. The summed E-state index contributed by atoms with van der Waals surface area (Å²) in [7, 11) is 0. The third kappa shape index (κ3) is 6.14. The average Bonchev–Trinajstić information content (AvgIpc) is 3.05. The highest BCUT2D eigenvalue weighted by molar-refractivity contribution is 5.95. The highest BCUT2D eigenvalue weighted by Gasteiger charge is 2.28. The van der Waals surface area contributed by atoms with Crippen LogP contribution in [-0.2, 0) is 11.2 Å². The molecule has 0 aliphatic carbocycles. The van der Waals surface area contributed by atoms with Crippen molar-refractivity contribution in [1.29, 1.82) is 0 Å². The van der Waals surface area contributed by atoms with Crippen molar-refractivity contribution in [3.63, 3.8) is 0 Å². The standard InChI is InChI=1S/C16H18F2N4O3.C2H6/c1-9-11(8-22(21-9)16(17)18)15(25)20-12(13(23)14(19)24)7-10-5-3-2-4-6-10;1-2/h2-6,8,12-13,16,23H,7H2,1H3,(H2,19,24)(H,20,25);1-2H3. The lowest BCUT2D eigenvalue weighted by Gasteiger charge is -2.22. The number of nitrogens with two attached hydrogens (primary N) is 1. The first kappa shape index (κ1) is 22.2. The van der Waals surface area contributed by atoms with Gasteiger partial charge < -0.3 is 16.2 Å². The minimum Gasteiger partial charge on any atom is -0.381 e. The SMILES string of the molecule is CC.Cc1nn(C(F)F)cc1C(=O)NC(Cc1ccccc1)C(O)C(N)=O. The van der Waals surface area contributed by atoms with E-state index in [9.17, 15) is 23.5 Å². The third-order valence-corrected chi connectivity index (χ3v) is 3.65. The number of halogens is 2. The van der Waals surface area contributed by atoms with Crippen LogP contribution in [0.15, 0.2) is 36.5 Å². The number of amides is 2. The Hall–Kier alpha value is -2.81. The van der Waals surface area contributed by atoms with Crippen LogP contribution in [0.25, 0.3) is 0 Å². The van der Waals surface area contributed by atoms with Gasteiger partial charge in [-0.2, -0.15) is 13.9 Å². The zero-order valence-corrected chi connectivity index (χ0v) is 15.4. The van der Waals surface area contributed by atoms with Crippen LogP contribution < -0.4 is 11.1 Å². The molecule has 7 nitrogen and oxygen atoms in total. The summed E-state index contributed by atoms with van der Waals surface area (Å²) in [5.41, 5.74) is 5.91. The molecule has 0 fully saturated rings. The second kappa shape index (κ2) is 10.4. The van der Waals surface area contributed by atoms with Gasteiger partial charge in [0.2, 0.25) is 5.91 Å². The van der Waals surface area contributed by atoms with Gasteiger partial charge in [0.1, 0.15) is 0 Å². The Balaban J connectivity index is 0.00000176. The number of rotatable bonds is 7. The van der Waals surface area contributed by atoms with E-state index < -0.39 is 30.5 Å². The van der Waals surface area contributed by atoms with Crippen LogP contribution >= 0.6 is 0 Å². The van der Waals surface area contributed by atoms with Crippen molar-refractivity contribution >= 4 is 11.8 Å². The van der Waals surface area contributed by atoms with Gasteiger partial charge in [0.05, 0.1) is 17.3 Å². The first-order valence-electron chi connectivity index (χ1n) is 8.45. The maximum absolute atomic E-state index is 12.7. The first-order valence-corrected chi connectivity index (χ1v) is 8.45. The molecule has 2 rings (SSSR count). The van der Waals surface area contributed by atoms with E-state index in [1.807, 2.05) is 13.8 Å². The number of aryl methyl sites for hydroxylation is 1. The van der Waals surface area contributed by atoms with E-state index in [0.29, 0.717) is 4.68 Å². The molecule has 0 aliphatic rings. The molecule has 1 aromatic heterocycles. The van der Waals surface area contributed by atoms with E-state index in [0.717, 1.165) is 11.8 Å². The van der Waals surface area contributed by atoms with Crippen LogP contribution in [0.3, 0.4) is 0 Å². The van der Waals surface area contributed by atoms with Crippen molar-refractivity contribution in [3.8, 4) is 0 Å². The summed E-state index contributed by atoms with van der Waals surface area (Å²) >= 11 is 0. The van der Waals surface area contributed by atoms with Gasteiger partial charge >= 0.3 is 6.55 Å². The van der Waals surface area contributed by atoms with Crippen LogP contribution in [0, 0.1) is 6.92 Å². The summed E-state index contributed by atoms with van der Waals surface area (Å²) in [5, 5.41) is 16.0. The van der Waals surface area contributed by atoms with Crippen LogP contribution in [0.4, 0.5) is 8.78 Å². The van der Waals surface area contributed by atoms with E-state index in [2.05, 4.69) is 10.4 Å². The predicted molar refractivity (Wildman–Crippen MR) is 96.2 cm³/mol. The molecule has 27 heavy (non-hydrogen) atoms. The highest BCUT2D eigenvalue weighted by atomic mass is 19.3. The maximum atomic E-state index is 12.7. The molecule has 2 atom stereocenters. The number of nitrogens with zero attached hydrogens (tertiary/aromatic N) is 2. The lowest BCUT2D eigenvalue weighted by Crippen LogP contribution is -2.50. The van der Waals surface area contributed by atoms with Crippen LogP contribution in [0.1, 0.15) is 42.0 Å². The van der Waals surface area contributed by atoms with Gasteiger partial charge in [-0.3, -0.25) is 9.59 Å². The monoisotopic (exact) mass is 382 g/mol. The Morgan fingerprint density at radius 2 is 1.85 bits per heavy atom. The largest absolute Gasteiger partial charge is 0.381 e. The van der Waals surface area contributed by atoms with Crippen molar-refractivity contribution in [2.45, 2.75) is 45.9 Å². The number of primary amides is 1. The smallest absolute Gasteiger partial charge is 0.333 e. The van der Waals surface area contributed by atoms with Crippen molar-refractivity contribution in [2.24, 2.45) is 5.73 Å². The normalized spacial score (nSPS) is 12.7. The second-order valence-electron chi connectivity index (χ2n) is 5.50. The zero-order valence-electron chi connectivity index (χ0n) is 15.4. The van der Waals surface area contributed by atoms with Gasteiger partial charge in [-0.05, 0) is 18.9 Å². The number of hydrogen-bond donors (Lipinski definition) is 3. The van der Waals surface area contributed by atoms with Gasteiger partial charge in [-0.15, -0.1) is 0 Å². The van der Waals surface area contributed by atoms with Crippen LogP contribution in [0.2, 0.25) is 0 Å². The Kier molecular flexibility index (Phi) is 8.53. The molecule has 4 N–H and O–H groups in total. The van der Waals surface area contributed by atoms with Gasteiger partial charge in [-0.1, -0.05) is 44.2 Å². The fourth-order valence-electron chi connectivity index (χ4n) is 2.36. The fourth-order valence-corrected chi connectivity index (χ4v) is 2.36. The number of carbonyl (C=O) groups excluding carboxylic acids is 2. The number of aliphatic hydroxyl groups is 1. The highest BCUT2D eigenvalue weighted by Crippen LogP contribution is 2.14. The summed E-state index contributed by atoms with van der Waals surface area (Å²) in [6, 6.07) is 7.83. The number of carbonyl (C=O) groups is 2. The predicted octanol–water partition coefficient (Wildman–Crippen LogP) is 1.80. The molecule has 0 aliphatic heterocycles. The molecule has 0 saturated carbocycles. The Bertz CT molecular complexity index is 750. The van der Waals surface area contributed by atoms with Gasteiger partial charge in [-0.25, -0.2) is 4.68 Å². The van der Waals surface area contributed by atoms with Gasteiger partial charge in [0.25, 0.3) is 5.91 Å². The Labute approximate surface area is 156 Å². The quantitative estimate of drug-likeness (QED) is 0.678. The van der Waals surface area contributed by atoms with Gasteiger partial charge in [0, 0.05) is 6.20 Å². The average molecular weight is 382 g/mol. The third-order valence-electron chi connectivity index (χ3n) is 3.65. The molecular formula is C18H24F2N4O3. The van der Waals surface area contributed by atoms with E-state index in [1.54, 1.807) is 30.3 Å². The Morgan fingerprint density at radius 3 is 2.33 bits per heavy atom. The van der Waals surface area contributed by atoms with Crippen molar-refractivity contribution in [3.05, 3.63) is 53.3 Å². The summed E-state index contributed by atoms with van der Waals surface area (Å²) in [6.45, 7) is 2.53. The van der Waals surface area contributed by atoms with E-state index in [-0.39, 0.29) is 17.7 Å². The fraction of sp³-hybridized carbons (Fsp3) is 0.389. The summed E-state index contributed by atoms with van der Waals surface area (Å²) in [4.78, 5) is 23.7. The number of benzene rings is 1. The summed E-state index contributed by atoms with van der Waals surface area (Å²) in [6.07, 6.45) is -0.584.